The molecule has 3 aliphatic rings. The number of benzene rings is 1. The van der Waals surface area contributed by atoms with Crippen molar-refractivity contribution in [2.75, 3.05) is 13.1 Å². The quantitative estimate of drug-likeness (QED) is 0.904. The van der Waals surface area contributed by atoms with Gasteiger partial charge in [-0.2, -0.15) is 0 Å². The molecule has 4 heteroatoms. The molecular formula is C20H26N2O2. The maximum absolute atomic E-state index is 12.7. The molecule has 0 aromatic heterocycles. The highest BCUT2D eigenvalue weighted by Crippen LogP contribution is 2.48. The summed E-state index contributed by atoms with van der Waals surface area (Å²) in [6.45, 7) is 3.58. The van der Waals surface area contributed by atoms with E-state index in [-0.39, 0.29) is 29.2 Å². The average Bonchev–Trinajstić information content (AvgIpc) is 3.51. The fraction of sp³-hybridized carbons (Fsp3) is 0.600. The second-order valence-corrected chi connectivity index (χ2v) is 7.78. The van der Waals surface area contributed by atoms with Crippen LogP contribution in [0.15, 0.2) is 24.3 Å². The molecule has 0 spiro atoms. The normalized spacial score (nSPS) is 24.7. The minimum atomic E-state index is -0.245. The molecule has 1 aromatic carbocycles. The van der Waals surface area contributed by atoms with Crippen LogP contribution in [0.3, 0.4) is 0 Å². The van der Waals surface area contributed by atoms with Crippen molar-refractivity contribution in [3.8, 4) is 0 Å². The summed E-state index contributed by atoms with van der Waals surface area (Å²) >= 11 is 0. The van der Waals surface area contributed by atoms with Crippen molar-refractivity contribution in [1.29, 1.82) is 0 Å². The van der Waals surface area contributed by atoms with Gasteiger partial charge in [0.2, 0.25) is 11.8 Å². The topological polar surface area (TPSA) is 49.4 Å². The number of nitrogens with one attached hydrogen (secondary N) is 1. The molecule has 1 aliphatic heterocycles. The van der Waals surface area contributed by atoms with Crippen LogP contribution < -0.4 is 5.32 Å². The Balaban J connectivity index is 1.40. The van der Waals surface area contributed by atoms with E-state index in [0.717, 1.165) is 45.1 Å². The van der Waals surface area contributed by atoms with Gasteiger partial charge in [0.05, 0.1) is 0 Å². The Morgan fingerprint density at radius 1 is 1.21 bits per heavy atom. The Bertz CT molecular complexity index is 661. The lowest BCUT2D eigenvalue weighted by Gasteiger charge is -2.25. The Morgan fingerprint density at radius 3 is 2.62 bits per heavy atom. The summed E-state index contributed by atoms with van der Waals surface area (Å²) in [7, 11) is 0. The van der Waals surface area contributed by atoms with Gasteiger partial charge < -0.3 is 10.2 Å². The van der Waals surface area contributed by atoms with Crippen molar-refractivity contribution in [3.63, 3.8) is 0 Å². The third-order valence-corrected chi connectivity index (χ3v) is 5.94. The van der Waals surface area contributed by atoms with Crippen LogP contribution in [0.5, 0.6) is 0 Å². The summed E-state index contributed by atoms with van der Waals surface area (Å²) in [6.07, 6.45) is 6.02. The fourth-order valence-electron chi connectivity index (χ4n) is 4.10. The van der Waals surface area contributed by atoms with Crippen molar-refractivity contribution in [2.45, 2.75) is 56.9 Å². The summed E-state index contributed by atoms with van der Waals surface area (Å²) in [4.78, 5) is 26.9. The van der Waals surface area contributed by atoms with Crippen molar-refractivity contribution in [3.05, 3.63) is 35.4 Å². The lowest BCUT2D eigenvalue weighted by molar-refractivity contribution is -0.139. The van der Waals surface area contributed by atoms with Gasteiger partial charge in [0.25, 0.3) is 0 Å². The average molecular weight is 326 g/mol. The number of nitrogens with zero attached hydrogens (tertiary/aromatic N) is 1. The summed E-state index contributed by atoms with van der Waals surface area (Å²) in [5, 5.41) is 3.16. The highest BCUT2D eigenvalue weighted by atomic mass is 16.2. The first-order valence-electron chi connectivity index (χ1n) is 9.25. The molecule has 1 atom stereocenters. The highest BCUT2D eigenvalue weighted by Gasteiger charge is 2.46. The monoisotopic (exact) mass is 326 g/mol. The predicted octanol–water partition coefficient (Wildman–Crippen LogP) is 2.54. The summed E-state index contributed by atoms with van der Waals surface area (Å²) < 4.78 is 0. The molecule has 0 bridgehead atoms. The molecule has 128 valence electrons. The SMILES string of the molecule is Cc1ccccc1C1(CNC(=O)C2CCCN2C(=O)C2CC2)CC1. The number of carbonyl (C=O) groups is 2. The van der Waals surface area contributed by atoms with Gasteiger partial charge >= 0.3 is 0 Å². The number of hydrogen-bond donors (Lipinski definition) is 1. The van der Waals surface area contributed by atoms with Gasteiger partial charge in [0, 0.05) is 24.4 Å². The minimum Gasteiger partial charge on any atom is -0.353 e. The molecule has 2 saturated carbocycles. The Labute approximate surface area is 143 Å². The molecule has 1 saturated heterocycles. The standard InChI is InChI=1S/C20H26N2O2/c1-14-5-2-3-6-16(14)20(10-11-20)13-21-18(23)17-7-4-12-22(17)19(24)15-8-9-15/h2-3,5-6,15,17H,4,7-13H2,1H3,(H,21,23). The molecule has 2 amide bonds. The van der Waals surface area contributed by atoms with Gasteiger partial charge in [0.15, 0.2) is 0 Å². The Morgan fingerprint density at radius 2 is 1.96 bits per heavy atom. The van der Waals surface area contributed by atoms with Crippen LogP contribution in [-0.2, 0) is 15.0 Å². The summed E-state index contributed by atoms with van der Waals surface area (Å²) in [5.41, 5.74) is 2.78. The lowest BCUT2D eigenvalue weighted by atomic mass is 9.92. The van der Waals surface area contributed by atoms with E-state index < -0.39 is 0 Å². The second-order valence-electron chi connectivity index (χ2n) is 7.78. The molecule has 4 nitrogen and oxygen atoms in total. The van der Waals surface area contributed by atoms with Crippen LogP contribution in [-0.4, -0.2) is 35.8 Å². The van der Waals surface area contributed by atoms with Gasteiger partial charge in [-0.25, -0.2) is 0 Å². The minimum absolute atomic E-state index is 0.0429. The van der Waals surface area contributed by atoms with Crippen molar-refractivity contribution in [1.82, 2.24) is 10.2 Å². The first-order valence-corrected chi connectivity index (χ1v) is 9.25. The Hall–Kier alpha value is -1.84. The van der Waals surface area contributed by atoms with Gasteiger partial charge in [-0.3, -0.25) is 9.59 Å². The number of carbonyl (C=O) groups excluding carboxylic acids is 2. The molecule has 2 aliphatic carbocycles. The van der Waals surface area contributed by atoms with Gasteiger partial charge in [-0.05, 0) is 56.6 Å². The van der Waals surface area contributed by atoms with Crippen LogP contribution in [0.1, 0.15) is 49.7 Å². The van der Waals surface area contributed by atoms with Crippen LogP contribution >= 0.6 is 0 Å². The molecule has 1 aromatic rings. The van der Waals surface area contributed by atoms with E-state index in [2.05, 4.69) is 36.5 Å². The van der Waals surface area contributed by atoms with Crippen LogP contribution in [0.4, 0.5) is 0 Å². The number of likely N-dealkylation sites (tertiary alicyclic amines) is 1. The number of amides is 2. The van der Waals surface area contributed by atoms with Crippen LogP contribution in [0.2, 0.25) is 0 Å². The second kappa shape index (κ2) is 5.91. The maximum atomic E-state index is 12.7. The maximum Gasteiger partial charge on any atom is 0.242 e. The molecule has 1 unspecified atom stereocenters. The lowest BCUT2D eigenvalue weighted by Crippen LogP contribution is -2.48. The highest BCUT2D eigenvalue weighted by molar-refractivity contribution is 5.90. The van der Waals surface area contributed by atoms with E-state index in [1.165, 1.54) is 11.1 Å². The van der Waals surface area contributed by atoms with E-state index in [4.69, 9.17) is 0 Å². The molecule has 1 N–H and O–H groups in total. The van der Waals surface area contributed by atoms with Gasteiger partial charge in [0.1, 0.15) is 6.04 Å². The number of aryl methyl sites for hydroxylation is 1. The van der Waals surface area contributed by atoms with Crippen molar-refractivity contribution >= 4 is 11.8 Å². The van der Waals surface area contributed by atoms with E-state index in [1.807, 2.05) is 4.90 Å². The zero-order chi connectivity index (χ0) is 16.7. The number of rotatable bonds is 5. The third kappa shape index (κ3) is 2.83. The molecule has 4 rings (SSSR count). The molecule has 1 heterocycles. The van der Waals surface area contributed by atoms with E-state index in [9.17, 15) is 9.59 Å². The molecule has 24 heavy (non-hydrogen) atoms. The predicted molar refractivity (Wildman–Crippen MR) is 92.6 cm³/mol. The van der Waals surface area contributed by atoms with Gasteiger partial charge in [-0.15, -0.1) is 0 Å². The van der Waals surface area contributed by atoms with E-state index in [0.29, 0.717) is 6.54 Å². The van der Waals surface area contributed by atoms with Crippen molar-refractivity contribution < 1.29 is 9.59 Å². The Kier molecular flexibility index (Phi) is 3.86. The largest absolute Gasteiger partial charge is 0.353 e. The first-order chi connectivity index (χ1) is 11.6. The van der Waals surface area contributed by atoms with Crippen LogP contribution in [0, 0.1) is 12.8 Å². The molecule has 0 radical (unpaired) electrons. The summed E-state index contributed by atoms with van der Waals surface area (Å²) in [5.74, 6) is 0.439. The zero-order valence-corrected chi connectivity index (χ0v) is 14.4. The molecule has 3 fully saturated rings. The molecular weight excluding hydrogens is 300 g/mol. The fourth-order valence-corrected chi connectivity index (χ4v) is 4.10. The zero-order valence-electron chi connectivity index (χ0n) is 14.4. The smallest absolute Gasteiger partial charge is 0.242 e. The van der Waals surface area contributed by atoms with Crippen LogP contribution in [0.25, 0.3) is 0 Å². The van der Waals surface area contributed by atoms with E-state index >= 15 is 0 Å². The first kappa shape index (κ1) is 15.7. The van der Waals surface area contributed by atoms with Gasteiger partial charge in [-0.1, -0.05) is 24.3 Å². The summed E-state index contributed by atoms with van der Waals surface area (Å²) in [6, 6.07) is 8.23. The number of hydrogen-bond acceptors (Lipinski definition) is 2. The third-order valence-electron chi connectivity index (χ3n) is 5.94. The van der Waals surface area contributed by atoms with Crippen molar-refractivity contribution in [2.24, 2.45) is 5.92 Å². The van der Waals surface area contributed by atoms with E-state index in [1.54, 1.807) is 0 Å².